The van der Waals surface area contributed by atoms with Crippen LogP contribution in [0.3, 0.4) is 0 Å². The van der Waals surface area contributed by atoms with Crippen LogP contribution in [0.15, 0.2) is 42.5 Å². The Morgan fingerprint density at radius 3 is 2.75 bits per heavy atom. The van der Waals surface area contributed by atoms with E-state index >= 15 is 0 Å². The first-order valence-corrected chi connectivity index (χ1v) is 14.2. The maximum atomic E-state index is 14.8. The van der Waals surface area contributed by atoms with Crippen LogP contribution >= 0.6 is 0 Å². The van der Waals surface area contributed by atoms with Gasteiger partial charge >= 0.3 is 0 Å². The van der Waals surface area contributed by atoms with Gasteiger partial charge in [-0.1, -0.05) is 37.3 Å². The normalized spacial score (nSPS) is 22.2. The molecular formula is C32H40FN3O4. The topological polar surface area (TPSA) is 90.9 Å². The predicted octanol–water partition coefficient (Wildman–Crippen LogP) is 3.47. The number of amides is 2. The summed E-state index contributed by atoms with van der Waals surface area (Å²) in [5.41, 5.74) is 2.84. The molecule has 1 saturated carbocycles. The highest BCUT2D eigenvalue weighted by atomic mass is 19.1. The summed E-state index contributed by atoms with van der Waals surface area (Å²) in [6, 6.07) is 11.5. The number of nitrogens with one attached hydrogen (secondary N) is 2. The quantitative estimate of drug-likeness (QED) is 0.461. The summed E-state index contributed by atoms with van der Waals surface area (Å²) in [6.07, 6.45) is 8.96. The Kier molecular flexibility index (Phi) is 9.83. The van der Waals surface area contributed by atoms with Gasteiger partial charge in [0.2, 0.25) is 11.8 Å². The average Bonchev–Trinajstić information content (AvgIpc) is 3.75. The van der Waals surface area contributed by atoms with Crippen LogP contribution in [0.1, 0.15) is 62.1 Å². The number of fused-ring (bicyclic) bond motifs is 13. The molecule has 0 saturated heterocycles. The fourth-order valence-electron chi connectivity index (χ4n) is 5.26. The lowest BCUT2D eigenvalue weighted by molar-refractivity contribution is -0.139. The number of carbonyl (C=O) groups excluding carboxylic acids is 2. The van der Waals surface area contributed by atoms with Crippen molar-refractivity contribution in [1.82, 2.24) is 15.5 Å². The second-order valence-electron chi connectivity index (χ2n) is 10.9. The number of aliphatic hydroxyl groups excluding tert-OH is 1. The first kappa shape index (κ1) is 29.6. The summed E-state index contributed by atoms with van der Waals surface area (Å²) in [6.45, 7) is 2.62. The number of aryl methyl sites for hydroxylation is 1. The van der Waals surface area contributed by atoms with E-state index in [1.807, 2.05) is 0 Å². The molecule has 40 heavy (non-hydrogen) atoms. The van der Waals surface area contributed by atoms with Crippen molar-refractivity contribution >= 4 is 11.8 Å². The highest BCUT2D eigenvalue weighted by molar-refractivity contribution is 5.88. The summed E-state index contributed by atoms with van der Waals surface area (Å²) >= 11 is 0. The number of likely N-dealkylation sites (N-methyl/N-ethyl adjacent to an activating group) is 1. The number of hydrogen-bond donors (Lipinski definition) is 3. The van der Waals surface area contributed by atoms with Gasteiger partial charge in [0.25, 0.3) is 0 Å². The van der Waals surface area contributed by atoms with E-state index < -0.39 is 29.9 Å². The van der Waals surface area contributed by atoms with Gasteiger partial charge in [0.1, 0.15) is 6.04 Å². The van der Waals surface area contributed by atoms with Crippen LogP contribution in [-0.2, 0) is 28.0 Å². The van der Waals surface area contributed by atoms with Gasteiger partial charge in [-0.15, -0.1) is 12.3 Å². The Bertz CT molecular complexity index is 1240. The van der Waals surface area contributed by atoms with Crippen molar-refractivity contribution in [2.45, 2.75) is 82.0 Å². The van der Waals surface area contributed by atoms with Crippen molar-refractivity contribution in [1.29, 1.82) is 0 Å². The van der Waals surface area contributed by atoms with Crippen LogP contribution in [0.25, 0.3) is 0 Å². The second kappa shape index (κ2) is 13.3. The standard InChI is InChI=1S/C32H40FN3O4/c1-4-9-27-31(39)35-26(28(37)21-34-32(15-16-32)24-11-8-10-22(5-2)18-24)20-23-13-14-29(25(33)19-23)40-17-7-6-12-30(38)36(27)3/h1,8,10-11,13-14,18-19,26-28,34,37H,5-7,9,12,15-17,20-21H2,2-3H3,(H,35,39)/t26-,27?,28+/m0/s1. The highest BCUT2D eigenvalue weighted by Crippen LogP contribution is 2.45. The first-order chi connectivity index (χ1) is 19.3. The lowest BCUT2D eigenvalue weighted by Crippen LogP contribution is -2.55. The molecule has 0 spiro atoms. The number of terminal acetylenes is 1. The molecule has 7 nitrogen and oxygen atoms in total. The van der Waals surface area contributed by atoms with Gasteiger partial charge < -0.3 is 25.4 Å². The van der Waals surface area contributed by atoms with Crippen LogP contribution in [-0.4, -0.2) is 60.2 Å². The van der Waals surface area contributed by atoms with E-state index in [1.165, 1.54) is 22.1 Å². The first-order valence-electron chi connectivity index (χ1n) is 14.2. The van der Waals surface area contributed by atoms with Crippen LogP contribution < -0.4 is 15.4 Å². The molecule has 214 valence electrons. The van der Waals surface area contributed by atoms with Crippen molar-refractivity contribution in [2.24, 2.45) is 0 Å². The molecule has 3 aliphatic rings. The Morgan fingerprint density at radius 1 is 1.25 bits per heavy atom. The molecule has 2 amide bonds. The van der Waals surface area contributed by atoms with Crippen LogP contribution in [0.5, 0.6) is 5.75 Å². The van der Waals surface area contributed by atoms with Crippen molar-refractivity contribution in [3.63, 3.8) is 0 Å². The fraction of sp³-hybridized carbons (Fsp3) is 0.500. The van der Waals surface area contributed by atoms with Crippen molar-refractivity contribution in [3.8, 4) is 18.1 Å². The molecule has 0 aromatic heterocycles. The van der Waals surface area contributed by atoms with Crippen molar-refractivity contribution < 1.29 is 23.8 Å². The molecule has 1 fully saturated rings. The van der Waals surface area contributed by atoms with Gasteiger partial charge in [0.05, 0.1) is 18.8 Å². The fourth-order valence-corrected chi connectivity index (χ4v) is 5.26. The van der Waals surface area contributed by atoms with Gasteiger partial charge in [0.15, 0.2) is 11.6 Å². The van der Waals surface area contributed by atoms with Gasteiger partial charge in [-0.25, -0.2) is 4.39 Å². The smallest absolute Gasteiger partial charge is 0.244 e. The number of ether oxygens (including phenoxy) is 1. The third-order valence-corrected chi connectivity index (χ3v) is 8.05. The molecule has 1 unspecified atom stereocenters. The third-order valence-electron chi connectivity index (χ3n) is 8.05. The van der Waals surface area contributed by atoms with E-state index in [2.05, 4.69) is 47.7 Å². The Balaban J connectivity index is 1.56. The molecule has 3 atom stereocenters. The minimum absolute atomic E-state index is 0.0401. The van der Waals surface area contributed by atoms with E-state index in [-0.39, 0.29) is 49.6 Å². The molecule has 8 heteroatoms. The number of hydrogen-bond acceptors (Lipinski definition) is 5. The van der Waals surface area contributed by atoms with E-state index in [4.69, 9.17) is 11.2 Å². The summed E-state index contributed by atoms with van der Waals surface area (Å²) in [4.78, 5) is 27.7. The minimum atomic E-state index is -0.985. The number of rotatable bonds is 7. The zero-order valence-electron chi connectivity index (χ0n) is 23.4. The second-order valence-corrected chi connectivity index (χ2v) is 10.9. The maximum absolute atomic E-state index is 14.8. The Labute approximate surface area is 236 Å². The zero-order valence-corrected chi connectivity index (χ0v) is 23.4. The summed E-state index contributed by atoms with van der Waals surface area (Å²) in [5.74, 6) is 1.49. The van der Waals surface area contributed by atoms with E-state index in [9.17, 15) is 19.1 Å². The summed E-state index contributed by atoms with van der Waals surface area (Å²) in [7, 11) is 1.57. The Morgan fingerprint density at radius 2 is 2.05 bits per heavy atom. The van der Waals surface area contributed by atoms with E-state index in [0.717, 1.165) is 19.3 Å². The molecule has 2 aliphatic heterocycles. The molecular weight excluding hydrogens is 509 g/mol. The number of aliphatic hydroxyl groups is 1. The molecule has 5 rings (SSSR count). The van der Waals surface area contributed by atoms with E-state index in [0.29, 0.717) is 18.4 Å². The van der Waals surface area contributed by atoms with Gasteiger partial charge in [0, 0.05) is 32.0 Å². The zero-order chi connectivity index (χ0) is 28.7. The average molecular weight is 550 g/mol. The molecule has 2 bridgehead atoms. The van der Waals surface area contributed by atoms with E-state index in [1.54, 1.807) is 19.2 Å². The SMILES string of the molecule is C#CCC1C(=O)N[C@H]([C@H](O)CNC2(c3cccc(CC)c3)CC2)Cc2ccc(c(F)c2)OCCCCC(=O)N1C. The molecule has 2 heterocycles. The van der Waals surface area contributed by atoms with Crippen LogP contribution in [0.2, 0.25) is 0 Å². The monoisotopic (exact) mass is 549 g/mol. The van der Waals surface area contributed by atoms with Crippen LogP contribution in [0.4, 0.5) is 4.39 Å². The number of halogens is 1. The molecule has 2 aromatic carbocycles. The predicted molar refractivity (Wildman–Crippen MR) is 152 cm³/mol. The molecule has 3 N–H and O–H groups in total. The highest BCUT2D eigenvalue weighted by Gasteiger charge is 2.44. The lowest BCUT2D eigenvalue weighted by Gasteiger charge is -2.31. The number of carbonyl (C=O) groups is 2. The molecule has 0 radical (unpaired) electrons. The molecule has 1 aliphatic carbocycles. The lowest BCUT2D eigenvalue weighted by atomic mass is 9.98. The van der Waals surface area contributed by atoms with Crippen molar-refractivity contribution in [2.75, 3.05) is 20.2 Å². The Hall–Kier alpha value is -3.41. The van der Waals surface area contributed by atoms with Gasteiger partial charge in [-0.2, -0.15) is 0 Å². The van der Waals surface area contributed by atoms with Crippen LogP contribution in [0, 0.1) is 18.2 Å². The van der Waals surface area contributed by atoms with Crippen molar-refractivity contribution in [3.05, 3.63) is 65.0 Å². The third kappa shape index (κ3) is 7.21. The summed E-state index contributed by atoms with van der Waals surface area (Å²) < 4.78 is 20.4. The van der Waals surface area contributed by atoms with Gasteiger partial charge in [-0.3, -0.25) is 9.59 Å². The maximum Gasteiger partial charge on any atom is 0.244 e. The minimum Gasteiger partial charge on any atom is -0.491 e. The summed E-state index contributed by atoms with van der Waals surface area (Å²) in [5, 5.41) is 17.8. The largest absolute Gasteiger partial charge is 0.491 e. The number of nitrogens with zero attached hydrogens (tertiary/aromatic N) is 1. The molecule has 2 aromatic rings. The number of benzene rings is 2. The van der Waals surface area contributed by atoms with Gasteiger partial charge in [-0.05, 0) is 67.3 Å².